The number of carboxylic acid groups (broad SMARTS) is 1. The molecule has 20 nitrogen and oxygen atoms in total. The van der Waals surface area contributed by atoms with E-state index in [1.807, 2.05) is 13.8 Å². The fraction of sp³-hybridized carbons (Fsp3) is 0.545. The summed E-state index contributed by atoms with van der Waals surface area (Å²) in [5.41, 5.74) is 29.2. The quantitative estimate of drug-likeness (QED) is 0.0363. The second kappa shape index (κ2) is 25.7. The Balaban J connectivity index is 1.96. The standard InChI is InChI=1S/C44H67FN12O8/c1-5-25(4)36(40(62)55-33(42(64)65)21-24(2)3)56-38(60)32(23-26-12-17-35(58)29(22-26)27-13-15-28(45)16-14-27)54-39(61)34-11-8-20-57(34)41(63)31(10-7-19-52-44(49)50)53-37(59)30(46)9-6-18-51-43(47)48/h12-17,22,24-25,30-34,36,58H,5-11,18-21,23,46H2,1-4H3,(H,53,59)(H,54,61)(H,55,62)(H,56,60)(H,64,65)(H4,47,48,51)(H4,49,50,52)/t25-,30-,31-,32+,33-,34-,36-/m0/s1. The lowest BCUT2D eigenvalue weighted by atomic mass is 9.95. The van der Waals surface area contributed by atoms with Crippen LogP contribution >= 0.6 is 0 Å². The third-order valence-corrected chi connectivity index (χ3v) is 11.1. The summed E-state index contributed by atoms with van der Waals surface area (Å²) in [7, 11) is 0. The number of amides is 5. The molecule has 0 aliphatic carbocycles. The van der Waals surface area contributed by atoms with Crippen LogP contribution in [0.25, 0.3) is 11.1 Å². The first-order chi connectivity index (χ1) is 30.7. The Hall–Kier alpha value is -6.51. The number of phenolic OH excluding ortho intramolecular Hbond substituents is 1. The maximum atomic E-state index is 14.4. The van der Waals surface area contributed by atoms with Gasteiger partial charge >= 0.3 is 5.97 Å². The number of carbonyl (C=O) groups is 6. The van der Waals surface area contributed by atoms with Crippen molar-refractivity contribution < 1.29 is 43.4 Å². The number of guanidine groups is 2. The zero-order valence-electron chi connectivity index (χ0n) is 37.6. The van der Waals surface area contributed by atoms with E-state index in [0.29, 0.717) is 36.0 Å². The molecule has 0 aromatic heterocycles. The van der Waals surface area contributed by atoms with Crippen LogP contribution in [0.1, 0.15) is 84.6 Å². The number of aliphatic imine (C=N–C) groups is 2. The van der Waals surface area contributed by atoms with Crippen molar-refractivity contribution >= 4 is 47.4 Å². The lowest BCUT2D eigenvalue weighted by molar-refractivity contribution is -0.143. The Labute approximate surface area is 378 Å². The molecule has 3 rings (SSSR count). The smallest absolute Gasteiger partial charge is 0.326 e. The maximum absolute atomic E-state index is 14.4. The Morgan fingerprint density at radius 3 is 2.02 bits per heavy atom. The summed E-state index contributed by atoms with van der Waals surface area (Å²) in [6.07, 6.45) is 1.99. The van der Waals surface area contributed by atoms with Crippen molar-refractivity contribution in [1.82, 2.24) is 26.2 Å². The number of hydrogen-bond donors (Lipinski definition) is 11. The van der Waals surface area contributed by atoms with Crippen molar-refractivity contribution in [1.29, 1.82) is 0 Å². The number of nitrogens with zero attached hydrogens (tertiary/aromatic N) is 3. The zero-order valence-corrected chi connectivity index (χ0v) is 37.6. The van der Waals surface area contributed by atoms with Crippen LogP contribution in [0.2, 0.25) is 0 Å². The number of nitrogens with one attached hydrogen (secondary N) is 4. The maximum Gasteiger partial charge on any atom is 0.326 e. The first kappa shape index (κ1) is 52.8. The summed E-state index contributed by atoms with van der Waals surface area (Å²) in [6, 6.07) is 2.92. The Bertz CT molecular complexity index is 2010. The van der Waals surface area contributed by atoms with Crippen LogP contribution in [0.15, 0.2) is 52.4 Å². The largest absolute Gasteiger partial charge is 0.507 e. The molecule has 1 heterocycles. The van der Waals surface area contributed by atoms with Crippen molar-refractivity contribution in [2.75, 3.05) is 19.6 Å². The van der Waals surface area contributed by atoms with Gasteiger partial charge in [0, 0.05) is 31.6 Å². The van der Waals surface area contributed by atoms with Crippen LogP contribution in [-0.2, 0) is 35.2 Å². The van der Waals surface area contributed by atoms with E-state index < -0.39 is 83.5 Å². The monoisotopic (exact) mass is 911 g/mol. The fourth-order valence-electron chi connectivity index (χ4n) is 7.39. The first-order valence-electron chi connectivity index (χ1n) is 21.9. The van der Waals surface area contributed by atoms with Gasteiger partial charge in [0.25, 0.3) is 0 Å². The van der Waals surface area contributed by atoms with Gasteiger partial charge in [-0.1, -0.05) is 52.3 Å². The van der Waals surface area contributed by atoms with Crippen LogP contribution in [0.4, 0.5) is 4.39 Å². The molecule has 2 aromatic carbocycles. The Morgan fingerprint density at radius 1 is 0.815 bits per heavy atom. The minimum absolute atomic E-state index is 0.0681. The molecule has 358 valence electrons. The highest BCUT2D eigenvalue weighted by Crippen LogP contribution is 2.31. The third kappa shape index (κ3) is 16.9. The molecule has 5 amide bonds. The highest BCUT2D eigenvalue weighted by atomic mass is 19.1. The van der Waals surface area contributed by atoms with E-state index in [1.54, 1.807) is 26.0 Å². The topological polar surface area (TPSA) is 349 Å². The number of halogens is 1. The average molecular weight is 911 g/mol. The SMILES string of the molecule is CC[C@H](C)[C@H](NC(=O)[C@@H](Cc1ccc(O)c(-c2ccc(F)cc2)c1)NC(=O)[C@@H]1CCCN1C(=O)[C@H](CCCN=C(N)N)NC(=O)[C@@H](N)CCCN=C(N)N)C(=O)N[C@@H](CC(C)C)C(=O)O. The summed E-state index contributed by atoms with van der Waals surface area (Å²) in [6.45, 7) is 7.69. The van der Waals surface area contributed by atoms with Gasteiger partial charge < -0.3 is 65.0 Å². The van der Waals surface area contributed by atoms with Crippen molar-refractivity contribution in [3.63, 3.8) is 0 Å². The molecule has 7 atom stereocenters. The number of carboxylic acids is 1. The molecule has 16 N–H and O–H groups in total. The van der Waals surface area contributed by atoms with Gasteiger partial charge in [-0.15, -0.1) is 0 Å². The van der Waals surface area contributed by atoms with Crippen molar-refractivity contribution in [2.45, 2.75) is 122 Å². The molecule has 0 unspecified atom stereocenters. The molecular weight excluding hydrogens is 844 g/mol. The predicted molar refractivity (Wildman–Crippen MR) is 244 cm³/mol. The minimum Gasteiger partial charge on any atom is -0.507 e. The second-order valence-electron chi connectivity index (χ2n) is 16.8. The summed E-state index contributed by atoms with van der Waals surface area (Å²) in [4.78, 5) is 91.3. The van der Waals surface area contributed by atoms with Gasteiger partial charge in [-0.05, 0) is 92.2 Å². The number of benzene rings is 2. The summed E-state index contributed by atoms with van der Waals surface area (Å²) in [5.74, 6) is -6.01. The summed E-state index contributed by atoms with van der Waals surface area (Å²) >= 11 is 0. The van der Waals surface area contributed by atoms with Gasteiger partial charge in [0.2, 0.25) is 29.5 Å². The van der Waals surface area contributed by atoms with E-state index in [2.05, 4.69) is 31.3 Å². The zero-order chi connectivity index (χ0) is 48.4. The number of likely N-dealkylation sites (tertiary alicyclic amines) is 1. The fourth-order valence-corrected chi connectivity index (χ4v) is 7.39. The highest BCUT2D eigenvalue weighted by molar-refractivity contribution is 5.97. The molecule has 21 heteroatoms. The molecule has 1 saturated heterocycles. The second-order valence-corrected chi connectivity index (χ2v) is 16.8. The number of carbonyl (C=O) groups excluding carboxylic acids is 5. The minimum atomic E-state index is -1.37. The van der Waals surface area contributed by atoms with Gasteiger partial charge in [0.15, 0.2) is 11.9 Å². The van der Waals surface area contributed by atoms with E-state index in [0.717, 1.165) is 0 Å². The molecule has 2 aromatic rings. The summed E-state index contributed by atoms with van der Waals surface area (Å²) < 4.78 is 13.8. The van der Waals surface area contributed by atoms with Crippen molar-refractivity contribution in [3.05, 3.63) is 53.8 Å². The van der Waals surface area contributed by atoms with Crippen LogP contribution in [0.5, 0.6) is 5.75 Å². The van der Waals surface area contributed by atoms with Crippen LogP contribution in [0.3, 0.4) is 0 Å². The number of aromatic hydroxyl groups is 1. The predicted octanol–water partition coefficient (Wildman–Crippen LogP) is 0.282. The number of hydrogen-bond acceptors (Lipinski definition) is 10. The third-order valence-electron chi connectivity index (χ3n) is 11.1. The van der Waals surface area contributed by atoms with Crippen LogP contribution < -0.4 is 49.9 Å². The van der Waals surface area contributed by atoms with E-state index in [-0.39, 0.29) is 81.7 Å². The van der Waals surface area contributed by atoms with Gasteiger partial charge in [0.05, 0.1) is 6.04 Å². The Morgan fingerprint density at radius 2 is 1.43 bits per heavy atom. The molecule has 1 aliphatic heterocycles. The van der Waals surface area contributed by atoms with Crippen LogP contribution in [0, 0.1) is 17.7 Å². The van der Waals surface area contributed by atoms with E-state index >= 15 is 0 Å². The van der Waals surface area contributed by atoms with Gasteiger partial charge in [0.1, 0.15) is 41.8 Å². The van der Waals surface area contributed by atoms with E-state index in [4.69, 9.17) is 28.7 Å². The molecular formula is C44H67FN12O8. The first-order valence-corrected chi connectivity index (χ1v) is 21.9. The number of nitrogens with two attached hydrogens (primary N) is 5. The van der Waals surface area contributed by atoms with Crippen molar-refractivity contribution in [3.8, 4) is 16.9 Å². The number of phenols is 1. The van der Waals surface area contributed by atoms with Crippen molar-refractivity contribution in [2.24, 2.45) is 50.5 Å². The normalized spacial score (nSPS) is 16.2. The summed E-state index contributed by atoms with van der Waals surface area (Å²) in [5, 5.41) is 31.4. The van der Waals surface area contributed by atoms with Gasteiger partial charge in [-0.2, -0.15) is 0 Å². The Kier molecular flexibility index (Phi) is 20.9. The molecule has 0 saturated carbocycles. The number of aliphatic carboxylic acids is 1. The van der Waals surface area contributed by atoms with Crippen LogP contribution in [-0.4, -0.2) is 118 Å². The highest BCUT2D eigenvalue weighted by Gasteiger charge is 2.40. The molecule has 0 spiro atoms. The molecule has 0 radical (unpaired) electrons. The average Bonchev–Trinajstić information content (AvgIpc) is 3.75. The van der Waals surface area contributed by atoms with Gasteiger partial charge in [-0.25, -0.2) is 9.18 Å². The van der Waals surface area contributed by atoms with Gasteiger partial charge in [-0.3, -0.25) is 34.0 Å². The molecule has 65 heavy (non-hydrogen) atoms. The lowest BCUT2D eigenvalue weighted by Gasteiger charge is -2.31. The van der Waals surface area contributed by atoms with E-state index in [9.17, 15) is 43.4 Å². The molecule has 0 bridgehead atoms. The molecule has 1 aliphatic rings. The number of rotatable bonds is 25. The van der Waals surface area contributed by atoms with E-state index in [1.165, 1.54) is 35.2 Å². The lowest BCUT2D eigenvalue weighted by Crippen LogP contribution is -2.60. The molecule has 1 fully saturated rings.